The number of esters is 1. The zero-order valence-corrected chi connectivity index (χ0v) is 17.9. The molecule has 0 bridgehead atoms. The molecule has 0 fully saturated rings. The van der Waals surface area contributed by atoms with E-state index in [0.29, 0.717) is 5.56 Å². The van der Waals surface area contributed by atoms with E-state index in [2.05, 4.69) is 15.0 Å². The van der Waals surface area contributed by atoms with Gasteiger partial charge in [0.15, 0.2) is 11.6 Å². The number of nitrogens with zero attached hydrogens (tertiary/aromatic N) is 1. The Bertz CT molecular complexity index is 1420. The number of fused-ring (bicyclic) bond motifs is 1. The molecular formula is C23H14ClF3N2O4. The highest BCUT2D eigenvalue weighted by Crippen LogP contribution is 2.38. The summed E-state index contributed by atoms with van der Waals surface area (Å²) in [4.78, 5) is 28.7. The molecule has 1 amide bonds. The lowest BCUT2D eigenvalue weighted by Crippen LogP contribution is -2.18. The zero-order valence-electron chi connectivity index (χ0n) is 17.1. The molecule has 33 heavy (non-hydrogen) atoms. The van der Waals surface area contributed by atoms with Crippen molar-refractivity contribution in [2.75, 3.05) is 14.2 Å². The number of nitrogens with one attached hydrogen (secondary N) is 1. The Kier molecular flexibility index (Phi) is 5.82. The van der Waals surface area contributed by atoms with Gasteiger partial charge in [0.1, 0.15) is 16.7 Å². The van der Waals surface area contributed by atoms with Gasteiger partial charge in [-0.2, -0.15) is 0 Å². The van der Waals surface area contributed by atoms with Gasteiger partial charge in [0.05, 0.1) is 23.6 Å². The summed E-state index contributed by atoms with van der Waals surface area (Å²) in [6, 6.07) is 8.60. The second-order valence-corrected chi connectivity index (χ2v) is 7.24. The minimum absolute atomic E-state index is 0.00236. The largest absolute Gasteiger partial charge is 0.465 e. The number of hydrogen-bond acceptors (Lipinski definition) is 5. The molecule has 6 nitrogen and oxygen atoms in total. The van der Waals surface area contributed by atoms with Crippen molar-refractivity contribution >= 4 is 34.6 Å². The van der Waals surface area contributed by atoms with E-state index in [4.69, 9.17) is 16.0 Å². The SMILES string of the molecule is CNC(=O)c1c(-c2ccc(F)cc2)oc2nc(Cl)c(-c3cc(F)c(F)c(C(=O)OC)c3)cc12. The number of halogens is 4. The van der Waals surface area contributed by atoms with Crippen molar-refractivity contribution in [1.29, 1.82) is 0 Å². The van der Waals surface area contributed by atoms with Crippen molar-refractivity contribution in [2.45, 2.75) is 0 Å². The lowest BCUT2D eigenvalue weighted by atomic mass is 10.0. The molecule has 0 spiro atoms. The maximum absolute atomic E-state index is 14.2. The first-order valence-electron chi connectivity index (χ1n) is 9.44. The first-order valence-corrected chi connectivity index (χ1v) is 9.81. The Morgan fingerprint density at radius 2 is 1.76 bits per heavy atom. The number of amides is 1. The number of carbonyl (C=O) groups excluding carboxylic acids is 2. The van der Waals surface area contributed by atoms with Crippen LogP contribution < -0.4 is 5.32 Å². The van der Waals surface area contributed by atoms with Crippen LogP contribution >= 0.6 is 11.6 Å². The maximum Gasteiger partial charge on any atom is 0.340 e. The molecule has 10 heteroatoms. The number of aromatic nitrogens is 1. The number of ether oxygens (including phenoxy) is 1. The molecule has 4 rings (SSSR count). The van der Waals surface area contributed by atoms with E-state index >= 15 is 0 Å². The highest BCUT2D eigenvalue weighted by molar-refractivity contribution is 6.32. The van der Waals surface area contributed by atoms with Crippen molar-refractivity contribution in [1.82, 2.24) is 10.3 Å². The number of hydrogen-bond donors (Lipinski definition) is 1. The van der Waals surface area contributed by atoms with Gasteiger partial charge >= 0.3 is 5.97 Å². The summed E-state index contributed by atoms with van der Waals surface area (Å²) in [5, 5.41) is 2.57. The van der Waals surface area contributed by atoms with Crippen molar-refractivity contribution in [3.8, 4) is 22.5 Å². The van der Waals surface area contributed by atoms with E-state index in [1.54, 1.807) is 0 Å². The van der Waals surface area contributed by atoms with Crippen LogP contribution in [0.2, 0.25) is 5.15 Å². The van der Waals surface area contributed by atoms with Gasteiger partial charge in [-0.25, -0.2) is 22.9 Å². The Morgan fingerprint density at radius 1 is 1.06 bits per heavy atom. The third-order valence-electron chi connectivity index (χ3n) is 4.94. The summed E-state index contributed by atoms with van der Waals surface area (Å²) >= 11 is 6.28. The molecule has 4 aromatic rings. The van der Waals surface area contributed by atoms with Crippen LogP contribution in [0.3, 0.4) is 0 Å². The van der Waals surface area contributed by atoms with E-state index in [9.17, 15) is 22.8 Å². The Hall–Kier alpha value is -3.85. The van der Waals surface area contributed by atoms with Crippen LogP contribution in [0.1, 0.15) is 20.7 Å². The standard InChI is InChI=1S/C23H14ClF3N2O4/c1-28-21(30)17-14-9-13(11-7-15(23(31)32-2)18(27)16(26)8-11)20(24)29-22(14)33-19(17)10-3-5-12(25)6-4-10/h3-9H,1-2H3,(H,28,30). The van der Waals surface area contributed by atoms with E-state index < -0.39 is 34.9 Å². The smallest absolute Gasteiger partial charge is 0.340 e. The second-order valence-electron chi connectivity index (χ2n) is 6.88. The molecule has 0 saturated heterocycles. The Balaban J connectivity index is 1.99. The topological polar surface area (TPSA) is 81.4 Å². The molecule has 2 heterocycles. The quantitative estimate of drug-likeness (QED) is 0.317. The molecule has 0 atom stereocenters. The average molecular weight is 475 g/mol. The number of rotatable bonds is 4. The maximum atomic E-state index is 14.2. The van der Waals surface area contributed by atoms with Gasteiger partial charge in [-0.15, -0.1) is 0 Å². The lowest BCUT2D eigenvalue weighted by Gasteiger charge is -2.09. The van der Waals surface area contributed by atoms with Gasteiger partial charge in [0, 0.05) is 18.2 Å². The molecule has 0 saturated carbocycles. The number of methoxy groups -OCH3 is 1. The van der Waals surface area contributed by atoms with Crippen molar-refractivity contribution in [2.24, 2.45) is 0 Å². The van der Waals surface area contributed by atoms with Crippen molar-refractivity contribution < 1.29 is 31.9 Å². The van der Waals surface area contributed by atoms with E-state index in [1.807, 2.05) is 0 Å². The zero-order chi connectivity index (χ0) is 23.9. The van der Waals surface area contributed by atoms with Crippen molar-refractivity contribution in [3.05, 3.63) is 76.2 Å². The second kappa shape index (κ2) is 8.59. The van der Waals surface area contributed by atoms with Gasteiger partial charge in [0.2, 0.25) is 5.71 Å². The summed E-state index contributed by atoms with van der Waals surface area (Å²) in [7, 11) is 2.45. The summed E-state index contributed by atoms with van der Waals surface area (Å²) in [5.41, 5.74) is 0.00419. The van der Waals surface area contributed by atoms with Crippen LogP contribution in [0.5, 0.6) is 0 Å². The number of benzene rings is 2. The number of furan rings is 1. The van der Waals surface area contributed by atoms with Crippen LogP contribution in [-0.4, -0.2) is 31.0 Å². The predicted molar refractivity (Wildman–Crippen MR) is 114 cm³/mol. The van der Waals surface area contributed by atoms with Crippen LogP contribution in [0, 0.1) is 17.5 Å². The minimum Gasteiger partial charge on any atom is -0.465 e. The fourth-order valence-electron chi connectivity index (χ4n) is 3.36. The van der Waals surface area contributed by atoms with Gasteiger partial charge in [-0.3, -0.25) is 4.79 Å². The van der Waals surface area contributed by atoms with Gasteiger partial charge in [0.25, 0.3) is 5.91 Å². The third-order valence-corrected chi connectivity index (χ3v) is 5.23. The fourth-order valence-corrected chi connectivity index (χ4v) is 3.60. The van der Waals surface area contributed by atoms with E-state index in [0.717, 1.165) is 19.2 Å². The number of carbonyl (C=O) groups is 2. The van der Waals surface area contributed by atoms with Gasteiger partial charge in [-0.05, 0) is 48.0 Å². The molecule has 1 N–H and O–H groups in total. The van der Waals surface area contributed by atoms with Crippen molar-refractivity contribution in [3.63, 3.8) is 0 Å². The first-order chi connectivity index (χ1) is 15.7. The van der Waals surface area contributed by atoms with Gasteiger partial charge < -0.3 is 14.5 Å². The molecule has 0 unspecified atom stereocenters. The van der Waals surface area contributed by atoms with E-state index in [-0.39, 0.29) is 38.7 Å². The summed E-state index contributed by atoms with van der Waals surface area (Å²) < 4.78 is 52.0. The van der Waals surface area contributed by atoms with Crippen LogP contribution in [0.25, 0.3) is 33.6 Å². The molecule has 2 aromatic carbocycles. The molecule has 0 aliphatic heterocycles. The van der Waals surface area contributed by atoms with Crippen LogP contribution in [-0.2, 0) is 4.74 Å². The van der Waals surface area contributed by atoms with Gasteiger partial charge in [-0.1, -0.05) is 11.6 Å². The van der Waals surface area contributed by atoms with Crippen LogP contribution in [0.4, 0.5) is 13.2 Å². The monoisotopic (exact) mass is 474 g/mol. The summed E-state index contributed by atoms with van der Waals surface area (Å²) in [6.07, 6.45) is 0. The minimum atomic E-state index is -1.37. The predicted octanol–water partition coefficient (Wildman–Crippen LogP) is 5.38. The first kappa shape index (κ1) is 22.3. The molecule has 0 aliphatic carbocycles. The highest BCUT2D eigenvalue weighted by atomic mass is 35.5. The average Bonchev–Trinajstić information content (AvgIpc) is 3.17. The fraction of sp³-hybridized carbons (Fsp3) is 0.0870. The normalized spacial score (nSPS) is 11.0. The molecular weight excluding hydrogens is 461 g/mol. The molecule has 168 valence electrons. The molecule has 0 radical (unpaired) electrons. The van der Waals surface area contributed by atoms with Crippen LogP contribution in [0.15, 0.2) is 46.9 Å². The molecule has 2 aromatic heterocycles. The lowest BCUT2D eigenvalue weighted by molar-refractivity contribution is 0.0594. The summed E-state index contributed by atoms with van der Waals surface area (Å²) in [5.74, 6) is -4.63. The summed E-state index contributed by atoms with van der Waals surface area (Å²) in [6.45, 7) is 0. The Labute approximate surface area is 189 Å². The van der Waals surface area contributed by atoms with E-state index in [1.165, 1.54) is 37.4 Å². The molecule has 0 aliphatic rings. The number of pyridine rings is 1. The highest BCUT2D eigenvalue weighted by Gasteiger charge is 2.25. The third kappa shape index (κ3) is 3.91. The Morgan fingerprint density at radius 3 is 2.39 bits per heavy atom.